The van der Waals surface area contributed by atoms with Crippen molar-refractivity contribution < 1.29 is 23.5 Å². The maximum absolute atomic E-state index is 14.0. The van der Waals surface area contributed by atoms with Crippen molar-refractivity contribution in [1.82, 2.24) is 4.90 Å². The summed E-state index contributed by atoms with van der Waals surface area (Å²) in [4.78, 5) is 26.6. The molecule has 0 aliphatic carbocycles. The fourth-order valence-electron chi connectivity index (χ4n) is 3.36. The molecule has 1 aliphatic rings. The quantitative estimate of drug-likeness (QED) is 0.324. The number of thioether (sulfide) groups is 1. The molecule has 4 rings (SSSR count). The van der Waals surface area contributed by atoms with E-state index >= 15 is 0 Å². The smallest absolute Gasteiger partial charge is 0.293 e. The van der Waals surface area contributed by atoms with Crippen LogP contribution >= 0.6 is 23.4 Å². The normalized spacial score (nSPS) is 14.7. The van der Waals surface area contributed by atoms with E-state index in [1.165, 1.54) is 6.07 Å². The Kier molecular flexibility index (Phi) is 7.55. The van der Waals surface area contributed by atoms with Crippen molar-refractivity contribution in [2.24, 2.45) is 0 Å². The highest BCUT2D eigenvalue weighted by molar-refractivity contribution is 8.18. The average molecular weight is 498 g/mol. The summed E-state index contributed by atoms with van der Waals surface area (Å²) < 4.78 is 25.6. The van der Waals surface area contributed by atoms with Crippen molar-refractivity contribution in [3.05, 3.63) is 99.2 Å². The van der Waals surface area contributed by atoms with Gasteiger partial charge in [0.1, 0.15) is 12.4 Å². The summed E-state index contributed by atoms with van der Waals surface area (Å²) in [7, 11) is 0. The van der Waals surface area contributed by atoms with Crippen LogP contribution in [0.15, 0.2) is 71.6 Å². The van der Waals surface area contributed by atoms with E-state index in [-0.39, 0.29) is 23.6 Å². The van der Waals surface area contributed by atoms with Crippen LogP contribution < -0.4 is 9.47 Å². The highest BCUT2D eigenvalue weighted by Gasteiger charge is 2.35. The van der Waals surface area contributed by atoms with E-state index in [1.807, 2.05) is 25.1 Å². The molecule has 8 heteroatoms. The minimum absolute atomic E-state index is 0.117. The van der Waals surface area contributed by atoms with Gasteiger partial charge in [0.25, 0.3) is 11.1 Å². The average Bonchev–Trinajstić information content (AvgIpc) is 3.08. The second-order valence-corrected chi connectivity index (χ2v) is 8.78. The zero-order valence-electron chi connectivity index (χ0n) is 18.3. The fourth-order valence-corrected chi connectivity index (χ4v) is 4.39. The first-order valence-corrected chi connectivity index (χ1v) is 11.8. The van der Waals surface area contributed by atoms with Crippen LogP contribution in [0.5, 0.6) is 11.5 Å². The summed E-state index contributed by atoms with van der Waals surface area (Å²) in [6.07, 6.45) is 1.62. The van der Waals surface area contributed by atoms with Crippen LogP contribution in [0.1, 0.15) is 23.6 Å². The summed E-state index contributed by atoms with van der Waals surface area (Å²) in [5.41, 5.74) is 1.80. The largest absolute Gasteiger partial charge is 0.490 e. The Bertz CT molecular complexity index is 1260. The number of carbonyl (C=O) groups excluding carboxylic acids is 2. The van der Waals surface area contributed by atoms with Crippen molar-refractivity contribution in [2.45, 2.75) is 20.1 Å². The molecule has 34 heavy (non-hydrogen) atoms. The molecule has 5 nitrogen and oxygen atoms in total. The first-order valence-electron chi connectivity index (χ1n) is 10.6. The summed E-state index contributed by atoms with van der Waals surface area (Å²) >= 11 is 7.03. The molecular weight excluding hydrogens is 477 g/mol. The predicted octanol–water partition coefficient (Wildman–Crippen LogP) is 6.69. The van der Waals surface area contributed by atoms with E-state index in [0.29, 0.717) is 28.7 Å². The van der Waals surface area contributed by atoms with Crippen molar-refractivity contribution in [1.29, 1.82) is 0 Å². The summed E-state index contributed by atoms with van der Waals surface area (Å²) in [5, 5.41) is 0.174. The number of imide groups is 1. The van der Waals surface area contributed by atoms with Crippen LogP contribution in [0, 0.1) is 5.82 Å². The minimum Gasteiger partial charge on any atom is -0.490 e. The minimum atomic E-state index is -0.463. The summed E-state index contributed by atoms with van der Waals surface area (Å²) in [6, 6.07) is 18.8. The third kappa shape index (κ3) is 5.43. The van der Waals surface area contributed by atoms with Gasteiger partial charge >= 0.3 is 0 Å². The zero-order valence-corrected chi connectivity index (χ0v) is 19.9. The van der Waals surface area contributed by atoms with Gasteiger partial charge in [-0.1, -0.05) is 54.1 Å². The van der Waals surface area contributed by atoms with E-state index in [9.17, 15) is 14.0 Å². The van der Waals surface area contributed by atoms with E-state index < -0.39 is 17.0 Å². The van der Waals surface area contributed by atoms with E-state index in [4.69, 9.17) is 21.1 Å². The molecule has 0 saturated carbocycles. The molecular formula is C26H21ClFNO4S. The number of halogens is 2. The second-order valence-electron chi connectivity index (χ2n) is 7.38. The molecule has 1 saturated heterocycles. The SMILES string of the molecule is CCOc1cc(/C=C2\SC(=O)N(Cc3ccccc3F)C2=O)ccc1OCc1ccccc1Cl. The third-order valence-corrected chi connectivity index (χ3v) is 6.34. The standard InChI is InChI=1S/C26H21ClFNO4S/c1-2-32-23-13-17(11-12-22(23)33-16-19-8-3-5-9-20(19)27)14-24-25(30)29(26(31)34-24)15-18-7-4-6-10-21(18)28/h3-14H,2,15-16H2,1H3/b24-14-. The molecule has 0 bridgehead atoms. The van der Waals surface area contributed by atoms with Crippen LogP contribution in [0.4, 0.5) is 9.18 Å². The molecule has 0 radical (unpaired) electrons. The zero-order chi connectivity index (χ0) is 24.1. The van der Waals surface area contributed by atoms with Crippen molar-refractivity contribution in [3.63, 3.8) is 0 Å². The molecule has 174 valence electrons. The molecule has 0 spiro atoms. The lowest BCUT2D eigenvalue weighted by Crippen LogP contribution is -2.27. The molecule has 3 aromatic rings. The van der Waals surface area contributed by atoms with Crippen LogP contribution in [-0.4, -0.2) is 22.7 Å². The lowest BCUT2D eigenvalue weighted by Gasteiger charge is -2.14. The molecule has 2 amide bonds. The molecule has 1 aliphatic heterocycles. The van der Waals surface area contributed by atoms with E-state index in [0.717, 1.165) is 22.2 Å². The maximum Gasteiger partial charge on any atom is 0.293 e. The Hall–Kier alpha value is -3.29. The van der Waals surface area contributed by atoms with Gasteiger partial charge in [-0.3, -0.25) is 14.5 Å². The predicted molar refractivity (Wildman–Crippen MR) is 131 cm³/mol. The van der Waals surface area contributed by atoms with Crippen LogP contribution in [0.2, 0.25) is 5.02 Å². The number of nitrogens with zero attached hydrogens (tertiary/aromatic N) is 1. The number of rotatable bonds is 8. The molecule has 0 aromatic heterocycles. The van der Waals surface area contributed by atoms with Crippen LogP contribution in [-0.2, 0) is 17.9 Å². The number of hydrogen-bond donors (Lipinski definition) is 0. The van der Waals surface area contributed by atoms with Crippen LogP contribution in [0.3, 0.4) is 0 Å². The second kappa shape index (κ2) is 10.8. The van der Waals surface area contributed by atoms with E-state index in [1.54, 1.807) is 48.5 Å². The van der Waals surface area contributed by atoms with Gasteiger partial charge in [0.15, 0.2) is 11.5 Å². The lowest BCUT2D eigenvalue weighted by atomic mass is 10.1. The van der Waals surface area contributed by atoms with Crippen molar-refractivity contribution >= 4 is 40.6 Å². The molecule has 0 atom stereocenters. The van der Waals surface area contributed by atoms with E-state index in [2.05, 4.69) is 0 Å². The lowest BCUT2D eigenvalue weighted by molar-refractivity contribution is -0.123. The molecule has 0 unspecified atom stereocenters. The van der Waals surface area contributed by atoms with Gasteiger partial charge in [-0.25, -0.2) is 4.39 Å². The Morgan fingerprint density at radius 3 is 2.44 bits per heavy atom. The van der Waals surface area contributed by atoms with Crippen LogP contribution in [0.25, 0.3) is 6.08 Å². The molecule has 1 fully saturated rings. The van der Waals surface area contributed by atoms with Gasteiger partial charge in [0, 0.05) is 16.1 Å². The molecule has 0 N–H and O–H groups in total. The Morgan fingerprint density at radius 1 is 0.971 bits per heavy atom. The number of benzene rings is 3. The number of ether oxygens (including phenoxy) is 2. The maximum atomic E-state index is 14.0. The first-order chi connectivity index (χ1) is 16.5. The Morgan fingerprint density at radius 2 is 1.71 bits per heavy atom. The Balaban J connectivity index is 1.52. The highest BCUT2D eigenvalue weighted by atomic mass is 35.5. The van der Waals surface area contributed by atoms with Gasteiger partial charge in [0.05, 0.1) is 18.1 Å². The monoisotopic (exact) mass is 497 g/mol. The van der Waals surface area contributed by atoms with Gasteiger partial charge in [-0.2, -0.15) is 0 Å². The summed E-state index contributed by atoms with van der Waals surface area (Å²) in [5.74, 6) is 0.120. The van der Waals surface area contributed by atoms with Gasteiger partial charge < -0.3 is 9.47 Å². The van der Waals surface area contributed by atoms with Crippen molar-refractivity contribution in [2.75, 3.05) is 6.61 Å². The van der Waals surface area contributed by atoms with Gasteiger partial charge in [-0.05, 0) is 54.6 Å². The topological polar surface area (TPSA) is 55.8 Å². The molecule has 3 aromatic carbocycles. The fraction of sp³-hybridized carbons (Fsp3) is 0.154. The number of amides is 2. The van der Waals surface area contributed by atoms with Gasteiger partial charge in [-0.15, -0.1) is 0 Å². The number of carbonyl (C=O) groups is 2. The third-order valence-electron chi connectivity index (χ3n) is 5.07. The Labute approximate surface area is 206 Å². The number of hydrogen-bond acceptors (Lipinski definition) is 5. The first kappa shape index (κ1) is 23.9. The summed E-state index contributed by atoms with van der Waals surface area (Å²) in [6.45, 7) is 2.44. The molecule has 1 heterocycles. The van der Waals surface area contributed by atoms with Crippen molar-refractivity contribution in [3.8, 4) is 11.5 Å². The highest BCUT2D eigenvalue weighted by Crippen LogP contribution is 2.36. The van der Waals surface area contributed by atoms with Gasteiger partial charge in [0.2, 0.25) is 0 Å².